The maximum absolute atomic E-state index is 12.2. The fourth-order valence-corrected chi connectivity index (χ4v) is 3.06. The predicted molar refractivity (Wildman–Crippen MR) is 80.4 cm³/mol. The van der Waals surface area contributed by atoms with Gasteiger partial charge >= 0.3 is 0 Å². The first-order valence-corrected chi connectivity index (χ1v) is 7.23. The number of hydrogen-bond donors (Lipinski definition) is 2. The van der Waals surface area contributed by atoms with E-state index in [1.807, 2.05) is 18.2 Å². The zero-order chi connectivity index (χ0) is 13.6. The second kappa shape index (κ2) is 4.65. The molecule has 2 aromatic rings. The summed E-state index contributed by atoms with van der Waals surface area (Å²) in [6, 6.07) is 10.7. The van der Waals surface area contributed by atoms with Crippen LogP contribution < -0.4 is 5.32 Å². The van der Waals surface area contributed by atoms with E-state index in [-0.39, 0.29) is 11.7 Å². The zero-order valence-electron chi connectivity index (χ0n) is 9.65. The second-order valence-electron chi connectivity index (χ2n) is 4.36. The van der Waals surface area contributed by atoms with E-state index in [0.717, 1.165) is 20.2 Å². The Kier molecular flexibility index (Phi) is 3.11. The van der Waals surface area contributed by atoms with Crippen molar-refractivity contribution < 1.29 is 9.90 Å². The van der Waals surface area contributed by atoms with E-state index in [1.165, 1.54) is 0 Å². The number of anilines is 1. The van der Waals surface area contributed by atoms with Crippen LogP contribution in [0.25, 0.3) is 0 Å². The van der Waals surface area contributed by atoms with Crippen molar-refractivity contribution in [3.63, 3.8) is 0 Å². The van der Waals surface area contributed by atoms with Crippen LogP contribution in [-0.4, -0.2) is 11.0 Å². The molecular formula is C14H9Br2NO2. The van der Waals surface area contributed by atoms with E-state index >= 15 is 0 Å². The van der Waals surface area contributed by atoms with Crippen molar-refractivity contribution in [1.82, 2.24) is 0 Å². The van der Waals surface area contributed by atoms with Gasteiger partial charge in [0, 0.05) is 20.2 Å². The smallest absolute Gasteiger partial charge is 0.236 e. The maximum atomic E-state index is 12.2. The summed E-state index contributed by atoms with van der Waals surface area (Å²) in [5, 5.41) is 12.8. The number of phenolic OH excluding ortho intramolecular Hbond substituents is 1. The molecule has 0 fully saturated rings. The van der Waals surface area contributed by atoms with Gasteiger partial charge in [0.05, 0.1) is 5.92 Å². The van der Waals surface area contributed by atoms with Crippen molar-refractivity contribution in [3.8, 4) is 5.75 Å². The molecule has 0 unspecified atom stereocenters. The molecule has 1 heterocycles. The molecule has 0 saturated heterocycles. The summed E-state index contributed by atoms with van der Waals surface area (Å²) in [7, 11) is 0. The lowest BCUT2D eigenvalue weighted by molar-refractivity contribution is -0.116. The molecule has 0 aliphatic carbocycles. The molecule has 0 aromatic heterocycles. The predicted octanol–water partition coefficient (Wildman–Crippen LogP) is 4.00. The van der Waals surface area contributed by atoms with E-state index in [1.54, 1.807) is 18.2 Å². The van der Waals surface area contributed by atoms with Crippen LogP contribution in [0.15, 0.2) is 45.3 Å². The van der Waals surface area contributed by atoms with Gasteiger partial charge in [-0.1, -0.05) is 31.9 Å². The van der Waals surface area contributed by atoms with Crippen LogP contribution in [0.3, 0.4) is 0 Å². The lowest BCUT2D eigenvalue weighted by Crippen LogP contribution is -2.13. The minimum atomic E-state index is -0.481. The van der Waals surface area contributed by atoms with Crippen LogP contribution in [-0.2, 0) is 4.79 Å². The normalized spacial score (nSPS) is 17.2. The standard InChI is InChI=1S/C14H9Br2NO2/c15-7-1-3-11-9(5-7)13(14(19)17-11)10-6-8(16)2-4-12(10)18/h1-6,13,18H,(H,17,19)/t13-/m0/s1. The fraction of sp³-hybridized carbons (Fsp3) is 0.0714. The number of phenols is 1. The van der Waals surface area contributed by atoms with Crippen LogP contribution in [0.1, 0.15) is 17.0 Å². The minimum absolute atomic E-state index is 0.121. The lowest BCUT2D eigenvalue weighted by Gasteiger charge is -2.12. The van der Waals surface area contributed by atoms with E-state index in [4.69, 9.17) is 0 Å². The van der Waals surface area contributed by atoms with Gasteiger partial charge in [-0.2, -0.15) is 0 Å². The van der Waals surface area contributed by atoms with Crippen molar-refractivity contribution in [2.75, 3.05) is 5.32 Å². The van der Waals surface area contributed by atoms with Gasteiger partial charge in [-0.25, -0.2) is 0 Å². The third-order valence-corrected chi connectivity index (χ3v) is 4.13. The van der Waals surface area contributed by atoms with Crippen molar-refractivity contribution in [1.29, 1.82) is 0 Å². The third kappa shape index (κ3) is 2.17. The van der Waals surface area contributed by atoms with Gasteiger partial charge in [-0.05, 0) is 42.0 Å². The Labute approximate surface area is 126 Å². The van der Waals surface area contributed by atoms with Crippen LogP contribution in [0.2, 0.25) is 0 Å². The molecule has 2 N–H and O–H groups in total. The highest BCUT2D eigenvalue weighted by Gasteiger charge is 2.33. The van der Waals surface area contributed by atoms with Gasteiger partial charge in [0.15, 0.2) is 0 Å². The largest absolute Gasteiger partial charge is 0.508 e. The topological polar surface area (TPSA) is 49.3 Å². The summed E-state index contributed by atoms with van der Waals surface area (Å²) < 4.78 is 1.73. The second-order valence-corrected chi connectivity index (χ2v) is 6.19. The first-order chi connectivity index (χ1) is 9.06. The molecule has 5 heteroatoms. The number of benzene rings is 2. The number of amides is 1. The van der Waals surface area contributed by atoms with Gasteiger partial charge in [0.1, 0.15) is 5.75 Å². The number of aromatic hydroxyl groups is 1. The van der Waals surface area contributed by atoms with Crippen LogP contribution >= 0.6 is 31.9 Å². The average molecular weight is 383 g/mol. The molecular weight excluding hydrogens is 374 g/mol. The summed E-state index contributed by atoms with van der Waals surface area (Å²) in [5.74, 6) is -0.484. The summed E-state index contributed by atoms with van der Waals surface area (Å²) in [5.41, 5.74) is 2.26. The fourth-order valence-electron chi connectivity index (χ4n) is 2.30. The van der Waals surface area contributed by atoms with Gasteiger partial charge in [-0.15, -0.1) is 0 Å². The molecule has 3 nitrogen and oxygen atoms in total. The lowest BCUT2D eigenvalue weighted by atomic mass is 9.92. The van der Waals surface area contributed by atoms with Crippen molar-refractivity contribution in [2.45, 2.75) is 5.92 Å². The van der Waals surface area contributed by atoms with Crippen LogP contribution in [0.5, 0.6) is 5.75 Å². The Morgan fingerprint density at radius 3 is 2.37 bits per heavy atom. The highest BCUT2D eigenvalue weighted by molar-refractivity contribution is 9.10. The molecule has 19 heavy (non-hydrogen) atoms. The average Bonchev–Trinajstić information content (AvgIpc) is 2.68. The molecule has 2 aromatic carbocycles. The van der Waals surface area contributed by atoms with E-state index in [9.17, 15) is 9.90 Å². The first-order valence-electron chi connectivity index (χ1n) is 5.65. The molecule has 1 aliphatic rings. The number of rotatable bonds is 1. The SMILES string of the molecule is O=C1Nc2ccc(Br)cc2[C@H]1c1cc(Br)ccc1O. The Hall–Kier alpha value is -1.33. The minimum Gasteiger partial charge on any atom is -0.508 e. The summed E-state index contributed by atoms with van der Waals surface area (Å²) in [4.78, 5) is 12.2. The van der Waals surface area contributed by atoms with Crippen molar-refractivity contribution in [3.05, 3.63) is 56.5 Å². The molecule has 96 valence electrons. The van der Waals surface area contributed by atoms with Gasteiger partial charge in [0.25, 0.3) is 0 Å². The van der Waals surface area contributed by atoms with Gasteiger partial charge < -0.3 is 10.4 Å². The maximum Gasteiger partial charge on any atom is 0.236 e. The van der Waals surface area contributed by atoms with Crippen molar-refractivity contribution >= 4 is 43.5 Å². The Morgan fingerprint density at radius 2 is 1.63 bits per heavy atom. The van der Waals surface area contributed by atoms with E-state index in [0.29, 0.717) is 5.56 Å². The van der Waals surface area contributed by atoms with Gasteiger partial charge in [0.2, 0.25) is 5.91 Å². The first kappa shape index (κ1) is 12.7. The zero-order valence-corrected chi connectivity index (χ0v) is 12.8. The molecule has 0 saturated carbocycles. The highest BCUT2D eigenvalue weighted by Crippen LogP contribution is 2.42. The molecule has 1 aliphatic heterocycles. The van der Waals surface area contributed by atoms with Crippen LogP contribution in [0.4, 0.5) is 5.69 Å². The molecule has 1 amide bonds. The molecule has 3 rings (SSSR count). The van der Waals surface area contributed by atoms with E-state index in [2.05, 4.69) is 37.2 Å². The highest BCUT2D eigenvalue weighted by atomic mass is 79.9. The van der Waals surface area contributed by atoms with Crippen molar-refractivity contribution in [2.24, 2.45) is 0 Å². The number of fused-ring (bicyclic) bond motifs is 1. The number of hydrogen-bond acceptors (Lipinski definition) is 2. The Balaban J connectivity index is 2.19. The summed E-state index contributed by atoms with van der Waals surface area (Å²) >= 11 is 6.77. The molecule has 0 radical (unpaired) electrons. The number of carbonyl (C=O) groups excluding carboxylic acids is 1. The summed E-state index contributed by atoms with van der Waals surface area (Å²) in [6.45, 7) is 0. The van der Waals surface area contributed by atoms with Crippen LogP contribution in [0, 0.1) is 0 Å². The molecule has 0 bridgehead atoms. The molecule has 0 spiro atoms. The van der Waals surface area contributed by atoms with E-state index < -0.39 is 5.92 Å². The van der Waals surface area contributed by atoms with Gasteiger partial charge in [-0.3, -0.25) is 4.79 Å². The number of nitrogens with one attached hydrogen (secondary N) is 1. The monoisotopic (exact) mass is 381 g/mol. The molecule has 1 atom stereocenters. The Bertz CT molecular complexity index is 685. The number of carbonyl (C=O) groups is 1. The number of halogens is 2. The third-order valence-electron chi connectivity index (χ3n) is 3.15. The quantitative estimate of drug-likeness (QED) is 0.783. The Morgan fingerprint density at radius 1 is 1.00 bits per heavy atom. The summed E-state index contributed by atoms with van der Waals surface area (Å²) in [6.07, 6.45) is 0.